The van der Waals surface area contributed by atoms with Crippen molar-refractivity contribution in [2.45, 2.75) is 36.3 Å². The van der Waals surface area contributed by atoms with Crippen LogP contribution in [0.15, 0.2) is 41.3 Å². The molecule has 2 aromatic carbocycles. The Labute approximate surface area is 177 Å². The lowest BCUT2D eigenvalue weighted by Gasteiger charge is -2.24. The number of anilines is 3. The maximum atomic E-state index is 12.6. The lowest BCUT2D eigenvalue weighted by molar-refractivity contribution is -0.120. The highest BCUT2D eigenvalue weighted by molar-refractivity contribution is 8.01. The van der Waals surface area contributed by atoms with Gasteiger partial charge in [0, 0.05) is 33.6 Å². The molecule has 0 bridgehead atoms. The topological polar surface area (TPSA) is 87.3 Å². The van der Waals surface area contributed by atoms with Gasteiger partial charge in [0.15, 0.2) is 0 Å². The van der Waals surface area contributed by atoms with Crippen molar-refractivity contribution in [1.29, 1.82) is 0 Å². The molecule has 0 aromatic heterocycles. The van der Waals surface area contributed by atoms with E-state index >= 15 is 0 Å². The van der Waals surface area contributed by atoms with Crippen LogP contribution in [0.3, 0.4) is 0 Å². The highest BCUT2D eigenvalue weighted by Crippen LogP contribution is 2.38. The zero-order valence-electron chi connectivity index (χ0n) is 15.8. The Balaban J connectivity index is 1.41. The van der Waals surface area contributed by atoms with E-state index in [2.05, 4.69) is 16.0 Å². The number of benzene rings is 2. The number of thioether (sulfide) groups is 1. The van der Waals surface area contributed by atoms with Gasteiger partial charge in [-0.3, -0.25) is 14.4 Å². The van der Waals surface area contributed by atoms with Crippen molar-refractivity contribution in [3.05, 3.63) is 47.0 Å². The minimum atomic E-state index is -0.526. The van der Waals surface area contributed by atoms with Gasteiger partial charge in [0.2, 0.25) is 17.7 Å². The molecule has 1 unspecified atom stereocenters. The fourth-order valence-electron chi connectivity index (χ4n) is 3.05. The number of nitrogens with one attached hydrogen (secondary N) is 3. The maximum absolute atomic E-state index is 12.6. The predicted molar refractivity (Wildman–Crippen MR) is 116 cm³/mol. The number of halogens is 1. The fourth-order valence-corrected chi connectivity index (χ4v) is 4.31. The molecule has 1 aliphatic heterocycles. The molecule has 1 fully saturated rings. The van der Waals surface area contributed by atoms with Crippen molar-refractivity contribution in [3.63, 3.8) is 0 Å². The first kappa shape index (κ1) is 19.8. The molecule has 3 amide bonds. The summed E-state index contributed by atoms with van der Waals surface area (Å²) in [6.45, 7) is 1.88. The van der Waals surface area contributed by atoms with Crippen LogP contribution in [0.5, 0.6) is 0 Å². The summed E-state index contributed by atoms with van der Waals surface area (Å²) in [4.78, 5) is 37.8. The minimum absolute atomic E-state index is 0.0141. The molecule has 1 atom stereocenters. The number of aryl methyl sites for hydroxylation is 1. The van der Waals surface area contributed by atoms with Crippen molar-refractivity contribution in [3.8, 4) is 0 Å². The molecule has 1 heterocycles. The van der Waals surface area contributed by atoms with Crippen LogP contribution in [-0.2, 0) is 14.4 Å². The lowest BCUT2D eigenvalue weighted by atomic mass is 10.1. The van der Waals surface area contributed by atoms with Gasteiger partial charge in [-0.1, -0.05) is 17.7 Å². The average Bonchev–Trinajstić information content (AvgIpc) is 3.50. The third-order valence-corrected chi connectivity index (χ3v) is 6.37. The van der Waals surface area contributed by atoms with Crippen molar-refractivity contribution >= 4 is 58.1 Å². The molecule has 0 radical (unpaired) electrons. The molecular weight excluding hydrogens is 410 g/mol. The zero-order chi connectivity index (χ0) is 20.5. The second-order valence-corrected chi connectivity index (χ2v) is 8.96. The second kappa shape index (κ2) is 8.08. The van der Waals surface area contributed by atoms with Crippen LogP contribution in [-0.4, -0.2) is 23.0 Å². The first-order valence-corrected chi connectivity index (χ1v) is 10.6. The van der Waals surface area contributed by atoms with Gasteiger partial charge in [0.1, 0.15) is 0 Å². The minimum Gasteiger partial charge on any atom is -0.326 e. The van der Waals surface area contributed by atoms with Crippen LogP contribution in [0.25, 0.3) is 0 Å². The first-order valence-electron chi connectivity index (χ1n) is 9.37. The first-order chi connectivity index (χ1) is 13.9. The predicted octanol–water partition coefficient (Wildman–Crippen LogP) is 4.44. The Bertz CT molecular complexity index is 1010. The van der Waals surface area contributed by atoms with Gasteiger partial charge in [0.05, 0.1) is 10.9 Å². The highest BCUT2D eigenvalue weighted by atomic mass is 35.5. The number of fused-ring (bicyclic) bond motifs is 1. The van der Waals surface area contributed by atoms with E-state index in [-0.39, 0.29) is 30.1 Å². The van der Waals surface area contributed by atoms with E-state index in [1.54, 1.807) is 18.2 Å². The quantitative estimate of drug-likeness (QED) is 0.655. The van der Waals surface area contributed by atoms with Crippen LogP contribution >= 0.6 is 23.4 Å². The standard InChI is InChI=1S/C21H20ClN3O3S/c1-11-2-6-14(23-20(27)12-3-4-12)9-15(11)24-19(26)10-18-21(28)25-16-8-13(22)5-7-17(16)29-18/h2,5-9,12,18H,3-4,10H2,1H3,(H,23,27)(H,24,26)(H,25,28). The molecule has 2 aromatic rings. The number of hydrogen-bond donors (Lipinski definition) is 3. The summed E-state index contributed by atoms with van der Waals surface area (Å²) in [5, 5.41) is 8.57. The summed E-state index contributed by atoms with van der Waals surface area (Å²) in [7, 11) is 0. The van der Waals surface area contributed by atoms with Crippen LogP contribution in [0.1, 0.15) is 24.8 Å². The molecule has 29 heavy (non-hydrogen) atoms. The van der Waals surface area contributed by atoms with Gasteiger partial charge < -0.3 is 16.0 Å². The molecule has 8 heteroatoms. The largest absolute Gasteiger partial charge is 0.326 e. The van der Waals surface area contributed by atoms with Gasteiger partial charge in [-0.25, -0.2) is 0 Å². The highest BCUT2D eigenvalue weighted by Gasteiger charge is 2.30. The number of carbonyl (C=O) groups is 3. The lowest BCUT2D eigenvalue weighted by Crippen LogP contribution is -2.32. The van der Waals surface area contributed by atoms with Crippen LogP contribution in [0, 0.1) is 12.8 Å². The van der Waals surface area contributed by atoms with Gasteiger partial charge in [0.25, 0.3) is 0 Å². The molecule has 1 aliphatic carbocycles. The SMILES string of the molecule is Cc1ccc(NC(=O)C2CC2)cc1NC(=O)CC1Sc2ccc(Cl)cc2NC1=O. The summed E-state index contributed by atoms with van der Waals surface area (Å²) in [5.74, 6) is -0.361. The van der Waals surface area contributed by atoms with E-state index in [0.717, 1.165) is 23.3 Å². The Hall–Kier alpha value is -2.51. The Morgan fingerprint density at radius 3 is 2.72 bits per heavy atom. The second-order valence-electron chi connectivity index (χ2n) is 7.28. The fraction of sp³-hybridized carbons (Fsp3) is 0.286. The Kier molecular flexibility index (Phi) is 5.52. The molecule has 0 saturated heterocycles. The van der Waals surface area contributed by atoms with Crippen molar-refractivity contribution in [2.75, 3.05) is 16.0 Å². The van der Waals surface area contributed by atoms with Crippen molar-refractivity contribution in [1.82, 2.24) is 0 Å². The molecule has 6 nitrogen and oxygen atoms in total. The summed E-state index contributed by atoms with van der Waals surface area (Å²) in [5.41, 5.74) is 2.82. The molecular formula is C21H20ClN3O3S. The average molecular weight is 430 g/mol. The van der Waals surface area contributed by atoms with E-state index in [4.69, 9.17) is 11.6 Å². The van der Waals surface area contributed by atoms with Crippen LogP contribution in [0.2, 0.25) is 5.02 Å². The van der Waals surface area contributed by atoms with E-state index in [1.807, 2.05) is 25.1 Å². The molecule has 3 N–H and O–H groups in total. The van der Waals surface area contributed by atoms with Gasteiger partial charge in [-0.2, -0.15) is 0 Å². The Morgan fingerprint density at radius 1 is 1.17 bits per heavy atom. The smallest absolute Gasteiger partial charge is 0.238 e. The number of hydrogen-bond acceptors (Lipinski definition) is 4. The Morgan fingerprint density at radius 2 is 1.97 bits per heavy atom. The summed E-state index contributed by atoms with van der Waals surface area (Å²) in [6, 6.07) is 10.7. The summed E-state index contributed by atoms with van der Waals surface area (Å²) >= 11 is 7.31. The number of carbonyl (C=O) groups excluding carboxylic acids is 3. The van der Waals surface area contributed by atoms with Gasteiger partial charge >= 0.3 is 0 Å². The molecule has 0 spiro atoms. The molecule has 4 rings (SSSR count). The number of rotatable bonds is 5. The van der Waals surface area contributed by atoms with E-state index < -0.39 is 5.25 Å². The van der Waals surface area contributed by atoms with E-state index in [9.17, 15) is 14.4 Å². The van der Waals surface area contributed by atoms with Gasteiger partial charge in [-0.05, 0) is 55.7 Å². The molecule has 2 aliphatic rings. The van der Waals surface area contributed by atoms with E-state index in [1.165, 1.54) is 11.8 Å². The monoisotopic (exact) mass is 429 g/mol. The molecule has 150 valence electrons. The third kappa shape index (κ3) is 4.74. The normalized spacial score (nSPS) is 17.9. The van der Waals surface area contributed by atoms with Crippen molar-refractivity contribution in [2.24, 2.45) is 5.92 Å². The third-order valence-electron chi connectivity index (χ3n) is 4.86. The van der Waals surface area contributed by atoms with Crippen LogP contribution < -0.4 is 16.0 Å². The van der Waals surface area contributed by atoms with Crippen molar-refractivity contribution < 1.29 is 14.4 Å². The van der Waals surface area contributed by atoms with E-state index in [0.29, 0.717) is 22.1 Å². The maximum Gasteiger partial charge on any atom is 0.238 e. The molecule has 1 saturated carbocycles. The summed E-state index contributed by atoms with van der Waals surface area (Å²) < 4.78 is 0. The van der Waals surface area contributed by atoms with Gasteiger partial charge in [-0.15, -0.1) is 11.8 Å². The van der Waals surface area contributed by atoms with Crippen LogP contribution in [0.4, 0.5) is 17.1 Å². The summed E-state index contributed by atoms with van der Waals surface area (Å²) in [6.07, 6.45) is 1.89. The zero-order valence-corrected chi connectivity index (χ0v) is 17.3. The number of amides is 3.